The minimum Gasteiger partial charge on any atom is -0.382 e. The van der Waals surface area contributed by atoms with E-state index >= 15 is 0 Å². The summed E-state index contributed by atoms with van der Waals surface area (Å²) in [7, 11) is 0. The third-order valence-electron chi connectivity index (χ3n) is 3.45. The molecule has 1 heterocycles. The summed E-state index contributed by atoms with van der Waals surface area (Å²) in [6.07, 6.45) is 0. The Kier molecular flexibility index (Phi) is 6.48. The molecule has 0 amide bonds. The van der Waals surface area contributed by atoms with Gasteiger partial charge in [0.25, 0.3) is 0 Å². The minimum absolute atomic E-state index is 0.160. The summed E-state index contributed by atoms with van der Waals surface area (Å²) in [5.41, 5.74) is 8.58. The molecular formula is C20H20N4OS. The standard InChI is InChI=1S/C18H14N4OS.C2H6/c1-11-6-8-13(9-7-11)21-18-22-17(20)16(24-18)15(23)14-5-3-2-4-12(14)10-19;1-2/h2-9H,20H2,1H3,(H,21,22);1-2H3. The second kappa shape index (κ2) is 8.79. The molecule has 5 nitrogen and oxygen atoms in total. The van der Waals surface area contributed by atoms with E-state index in [1.807, 2.05) is 51.1 Å². The number of hydrogen-bond acceptors (Lipinski definition) is 6. The van der Waals surface area contributed by atoms with Crippen LogP contribution in [0.5, 0.6) is 0 Å². The van der Waals surface area contributed by atoms with Gasteiger partial charge in [0.1, 0.15) is 10.7 Å². The average Bonchev–Trinajstić information content (AvgIpc) is 3.04. The van der Waals surface area contributed by atoms with Crippen LogP contribution in [0, 0.1) is 18.3 Å². The number of nitrogens with two attached hydrogens (primary N) is 1. The monoisotopic (exact) mass is 364 g/mol. The third kappa shape index (κ3) is 4.26. The van der Waals surface area contributed by atoms with Crippen LogP contribution in [-0.4, -0.2) is 10.8 Å². The summed E-state index contributed by atoms with van der Waals surface area (Å²) in [6.45, 7) is 6.01. The Balaban J connectivity index is 0.00000117. The minimum atomic E-state index is -0.292. The van der Waals surface area contributed by atoms with E-state index in [9.17, 15) is 4.79 Å². The van der Waals surface area contributed by atoms with Gasteiger partial charge in [-0.1, -0.05) is 55.0 Å². The molecule has 0 bridgehead atoms. The van der Waals surface area contributed by atoms with E-state index in [1.165, 1.54) is 11.3 Å². The van der Waals surface area contributed by atoms with Gasteiger partial charge in [0.2, 0.25) is 5.78 Å². The number of nitrogens with zero attached hydrogens (tertiary/aromatic N) is 2. The second-order valence-corrected chi connectivity index (χ2v) is 6.21. The van der Waals surface area contributed by atoms with E-state index in [0.29, 0.717) is 21.1 Å². The van der Waals surface area contributed by atoms with Crippen molar-refractivity contribution >= 4 is 33.8 Å². The number of nitrogens with one attached hydrogen (secondary N) is 1. The lowest BCUT2D eigenvalue weighted by Gasteiger charge is -2.02. The summed E-state index contributed by atoms with van der Waals surface area (Å²) in [5, 5.41) is 12.8. The molecule has 3 rings (SSSR count). The molecule has 0 fully saturated rings. The lowest BCUT2D eigenvalue weighted by Crippen LogP contribution is -2.04. The molecule has 0 radical (unpaired) electrons. The van der Waals surface area contributed by atoms with Crippen molar-refractivity contribution in [1.82, 2.24) is 4.98 Å². The molecule has 0 saturated heterocycles. The van der Waals surface area contributed by atoms with Gasteiger partial charge in [-0.3, -0.25) is 4.79 Å². The van der Waals surface area contributed by atoms with Crippen molar-refractivity contribution in [2.75, 3.05) is 11.1 Å². The maximum absolute atomic E-state index is 12.7. The molecule has 26 heavy (non-hydrogen) atoms. The maximum atomic E-state index is 12.7. The van der Waals surface area contributed by atoms with Crippen molar-refractivity contribution in [3.63, 3.8) is 0 Å². The van der Waals surface area contributed by atoms with Crippen LogP contribution in [0.2, 0.25) is 0 Å². The number of nitrogen functional groups attached to an aromatic ring is 1. The lowest BCUT2D eigenvalue weighted by atomic mass is 10.0. The van der Waals surface area contributed by atoms with E-state index < -0.39 is 0 Å². The Labute approximate surface area is 157 Å². The Hall–Kier alpha value is -3.17. The molecule has 0 unspecified atom stereocenters. The quantitative estimate of drug-likeness (QED) is 0.642. The van der Waals surface area contributed by atoms with E-state index in [4.69, 9.17) is 11.0 Å². The van der Waals surface area contributed by atoms with Gasteiger partial charge in [0, 0.05) is 11.3 Å². The summed E-state index contributed by atoms with van der Waals surface area (Å²) in [5.74, 6) is -0.133. The van der Waals surface area contributed by atoms with E-state index in [2.05, 4.69) is 10.3 Å². The molecule has 3 aromatic rings. The van der Waals surface area contributed by atoms with Crippen molar-refractivity contribution in [3.8, 4) is 6.07 Å². The zero-order valence-corrected chi connectivity index (χ0v) is 15.7. The fraction of sp³-hybridized carbons (Fsp3) is 0.150. The number of carbonyl (C=O) groups excluding carboxylic acids is 1. The molecular weight excluding hydrogens is 344 g/mol. The largest absolute Gasteiger partial charge is 0.382 e. The highest BCUT2D eigenvalue weighted by Gasteiger charge is 2.20. The summed E-state index contributed by atoms with van der Waals surface area (Å²) >= 11 is 1.17. The van der Waals surface area contributed by atoms with Crippen LogP contribution in [0.1, 0.15) is 40.2 Å². The molecule has 0 spiro atoms. The fourth-order valence-electron chi connectivity index (χ4n) is 2.21. The predicted molar refractivity (Wildman–Crippen MR) is 107 cm³/mol. The lowest BCUT2D eigenvalue weighted by molar-refractivity contribution is 0.104. The Morgan fingerprint density at radius 3 is 2.46 bits per heavy atom. The van der Waals surface area contributed by atoms with Gasteiger partial charge < -0.3 is 11.1 Å². The second-order valence-electron chi connectivity index (χ2n) is 5.21. The molecule has 0 aliphatic heterocycles. The van der Waals surface area contributed by atoms with Gasteiger partial charge >= 0.3 is 0 Å². The van der Waals surface area contributed by atoms with Gasteiger partial charge in [0.05, 0.1) is 11.6 Å². The normalized spacial score (nSPS) is 9.62. The van der Waals surface area contributed by atoms with Gasteiger partial charge in [-0.15, -0.1) is 0 Å². The van der Waals surface area contributed by atoms with Gasteiger partial charge in [-0.2, -0.15) is 5.26 Å². The molecule has 6 heteroatoms. The van der Waals surface area contributed by atoms with Crippen LogP contribution >= 0.6 is 11.3 Å². The van der Waals surface area contributed by atoms with Crippen LogP contribution < -0.4 is 11.1 Å². The molecule has 2 aromatic carbocycles. The number of carbonyl (C=O) groups is 1. The number of nitriles is 1. The van der Waals surface area contributed by atoms with Crippen molar-refractivity contribution in [3.05, 3.63) is 70.1 Å². The Morgan fingerprint density at radius 1 is 1.15 bits per heavy atom. The van der Waals surface area contributed by atoms with Crippen LogP contribution in [0.15, 0.2) is 48.5 Å². The number of rotatable bonds is 4. The first-order valence-electron chi connectivity index (χ1n) is 8.22. The summed E-state index contributed by atoms with van der Waals surface area (Å²) in [4.78, 5) is 17.2. The Morgan fingerprint density at radius 2 is 1.81 bits per heavy atom. The first-order valence-corrected chi connectivity index (χ1v) is 9.04. The zero-order valence-electron chi connectivity index (χ0n) is 14.9. The highest BCUT2D eigenvalue weighted by molar-refractivity contribution is 7.18. The number of aromatic nitrogens is 1. The smallest absolute Gasteiger partial charge is 0.208 e. The molecule has 0 atom stereocenters. The highest BCUT2D eigenvalue weighted by Crippen LogP contribution is 2.30. The Bertz CT molecular complexity index is 939. The number of hydrogen-bond donors (Lipinski definition) is 2. The van der Waals surface area contributed by atoms with E-state index in [0.717, 1.165) is 11.3 Å². The fourth-order valence-corrected chi connectivity index (χ4v) is 3.07. The average molecular weight is 364 g/mol. The van der Waals surface area contributed by atoms with E-state index in [1.54, 1.807) is 24.3 Å². The van der Waals surface area contributed by atoms with Gasteiger partial charge in [0.15, 0.2) is 5.13 Å². The van der Waals surface area contributed by atoms with Crippen molar-refractivity contribution in [2.24, 2.45) is 0 Å². The van der Waals surface area contributed by atoms with Crippen LogP contribution in [0.4, 0.5) is 16.6 Å². The first-order chi connectivity index (χ1) is 12.6. The zero-order chi connectivity index (χ0) is 19.1. The van der Waals surface area contributed by atoms with Gasteiger partial charge in [-0.25, -0.2) is 4.98 Å². The molecule has 3 N–H and O–H groups in total. The molecule has 132 valence electrons. The predicted octanol–water partition coefficient (Wildman–Crippen LogP) is 4.91. The molecule has 1 aromatic heterocycles. The summed E-state index contributed by atoms with van der Waals surface area (Å²) < 4.78 is 0. The third-order valence-corrected chi connectivity index (χ3v) is 4.44. The topological polar surface area (TPSA) is 91.8 Å². The molecule has 0 aliphatic carbocycles. The first kappa shape index (κ1) is 19.2. The van der Waals surface area contributed by atoms with Crippen molar-refractivity contribution in [1.29, 1.82) is 5.26 Å². The van der Waals surface area contributed by atoms with Crippen molar-refractivity contribution < 1.29 is 4.79 Å². The van der Waals surface area contributed by atoms with Gasteiger partial charge in [-0.05, 0) is 31.2 Å². The molecule has 0 saturated carbocycles. The SMILES string of the molecule is CC.Cc1ccc(Nc2nc(N)c(C(=O)c3ccccc3C#N)s2)cc1. The van der Waals surface area contributed by atoms with Crippen LogP contribution in [0.3, 0.4) is 0 Å². The number of anilines is 3. The summed E-state index contributed by atoms with van der Waals surface area (Å²) in [6, 6.07) is 16.5. The number of thiazole rings is 1. The van der Waals surface area contributed by atoms with E-state index in [-0.39, 0.29) is 11.6 Å². The number of ketones is 1. The number of aryl methyl sites for hydroxylation is 1. The highest BCUT2D eigenvalue weighted by atomic mass is 32.1. The molecule has 0 aliphatic rings. The van der Waals surface area contributed by atoms with Crippen LogP contribution in [-0.2, 0) is 0 Å². The van der Waals surface area contributed by atoms with Crippen molar-refractivity contribution in [2.45, 2.75) is 20.8 Å². The van der Waals surface area contributed by atoms with Crippen LogP contribution in [0.25, 0.3) is 0 Å². The number of benzene rings is 2. The maximum Gasteiger partial charge on any atom is 0.208 e.